The maximum atomic E-state index is 12.6. The first-order valence-corrected chi connectivity index (χ1v) is 18.0. The van der Waals surface area contributed by atoms with E-state index >= 15 is 0 Å². The van der Waals surface area contributed by atoms with Crippen LogP contribution in [-0.2, 0) is 14.5 Å². The highest BCUT2D eigenvalue weighted by molar-refractivity contribution is 5.89. The molecule has 0 bridgehead atoms. The van der Waals surface area contributed by atoms with Gasteiger partial charge in [0.15, 0.2) is 0 Å². The SMILES string of the molecule is CCCCCCCCCCCCCCCCCC(=O)ON=C1CC(C)(CC)N(OC(C)c2ccccc2)C(C)(CC)C1C. The van der Waals surface area contributed by atoms with Gasteiger partial charge in [0.2, 0.25) is 0 Å². The number of piperidine rings is 1. The minimum Gasteiger partial charge on any atom is -0.318 e. The van der Waals surface area contributed by atoms with Crippen molar-refractivity contribution in [1.82, 2.24) is 5.06 Å². The summed E-state index contributed by atoms with van der Waals surface area (Å²) in [5.74, 6) is -0.110. The Morgan fingerprint density at radius 1 is 0.837 bits per heavy atom. The second-order valence-corrected chi connectivity index (χ2v) is 13.7. The van der Waals surface area contributed by atoms with Crippen molar-refractivity contribution in [2.45, 2.75) is 188 Å². The van der Waals surface area contributed by atoms with Crippen LogP contribution in [0.1, 0.15) is 182 Å². The van der Waals surface area contributed by atoms with Crippen molar-refractivity contribution in [2.24, 2.45) is 11.1 Å². The summed E-state index contributed by atoms with van der Waals surface area (Å²) in [6.45, 7) is 15.5. The van der Waals surface area contributed by atoms with Crippen LogP contribution in [0.3, 0.4) is 0 Å². The Bertz CT molecular complexity index is 919. The Kier molecular flexibility index (Phi) is 17.7. The summed E-state index contributed by atoms with van der Waals surface area (Å²) in [4.78, 5) is 24.9. The van der Waals surface area contributed by atoms with Gasteiger partial charge in [0.25, 0.3) is 0 Å². The van der Waals surface area contributed by atoms with Crippen molar-refractivity contribution in [1.29, 1.82) is 0 Å². The summed E-state index contributed by atoms with van der Waals surface area (Å²) >= 11 is 0. The molecule has 43 heavy (non-hydrogen) atoms. The standard InChI is InChI=1S/C38H66N2O3/c1-8-11-12-13-14-15-16-17-18-19-20-21-22-23-27-30-36(41)42-39-35-31-37(6,9-2)40(38(7,10-3)32(35)4)43-33(5)34-28-25-24-26-29-34/h24-26,28-29,32-33H,8-23,27,30-31H2,1-7H3. The van der Waals surface area contributed by atoms with Gasteiger partial charge in [-0.15, -0.1) is 0 Å². The van der Waals surface area contributed by atoms with Crippen molar-refractivity contribution >= 4 is 11.7 Å². The quantitative estimate of drug-likeness (QED) is 0.0756. The van der Waals surface area contributed by atoms with Gasteiger partial charge in [-0.3, -0.25) is 4.84 Å². The molecule has 1 aromatic rings. The normalized spacial score (nSPS) is 24.3. The highest BCUT2D eigenvalue weighted by Crippen LogP contribution is 2.46. The zero-order valence-corrected chi connectivity index (χ0v) is 29.1. The van der Waals surface area contributed by atoms with Crippen molar-refractivity contribution in [3.63, 3.8) is 0 Å². The smallest absolute Gasteiger partial charge is 0.318 e. The highest BCUT2D eigenvalue weighted by atomic mass is 16.7. The minimum atomic E-state index is -0.272. The lowest BCUT2D eigenvalue weighted by Gasteiger charge is -2.57. The van der Waals surface area contributed by atoms with Crippen molar-refractivity contribution < 1.29 is 14.5 Å². The summed E-state index contributed by atoms with van der Waals surface area (Å²) in [6, 6.07) is 10.4. The van der Waals surface area contributed by atoms with Gasteiger partial charge in [-0.2, -0.15) is 5.06 Å². The van der Waals surface area contributed by atoms with Crippen molar-refractivity contribution in [2.75, 3.05) is 0 Å². The fourth-order valence-electron chi connectivity index (χ4n) is 6.58. The Morgan fingerprint density at radius 3 is 1.84 bits per heavy atom. The molecule has 0 saturated carbocycles. The molecule has 1 fully saturated rings. The summed E-state index contributed by atoms with van der Waals surface area (Å²) in [5.41, 5.74) is 1.61. The average molecular weight is 599 g/mol. The molecule has 1 saturated heterocycles. The van der Waals surface area contributed by atoms with E-state index in [1.807, 2.05) is 6.07 Å². The van der Waals surface area contributed by atoms with Crippen LogP contribution < -0.4 is 0 Å². The van der Waals surface area contributed by atoms with Crippen LogP contribution in [0.4, 0.5) is 0 Å². The number of benzene rings is 1. The summed E-state index contributed by atoms with van der Waals surface area (Å²) < 4.78 is 0. The van der Waals surface area contributed by atoms with E-state index in [1.54, 1.807) is 0 Å². The van der Waals surface area contributed by atoms with E-state index in [0.29, 0.717) is 12.8 Å². The Balaban J connectivity index is 1.72. The Labute approximate surface area is 265 Å². The van der Waals surface area contributed by atoms with Crippen molar-refractivity contribution in [3.05, 3.63) is 35.9 Å². The molecule has 0 aromatic heterocycles. The van der Waals surface area contributed by atoms with E-state index in [2.05, 4.69) is 83.0 Å². The molecule has 1 heterocycles. The van der Waals surface area contributed by atoms with Crippen LogP contribution in [0.15, 0.2) is 35.5 Å². The largest absolute Gasteiger partial charge is 0.335 e. The third-order valence-electron chi connectivity index (χ3n) is 10.2. The van der Waals surface area contributed by atoms with Crippen LogP contribution >= 0.6 is 0 Å². The van der Waals surface area contributed by atoms with Gasteiger partial charge in [-0.1, -0.05) is 153 Å². The minimum absolute atomic E-state index is 0.0589. The molecule has 1 aromatic carbocycles. The van der Waals surface area contributed by atoms with E-state index < -0.39 is 0 Å². The molecule has 5 nitrogen and oxygen atoms in total. The van der Waals surface area contributed by atoms with Crippen LogP contribution in [-0.4, -0.2) is 27.8 Å². The number of carbonyl (C=O) groups is 1. The Morgan fingerprint density at radius 2 is 1.35 bits per heavy atom. The maximum absolute atomic E-state index is 12.6. The zero-order chi connectivity index (χ0) is 31.6. The first-order chi connectivity index (χ1) is 20.7. The second-order valence-electron chi connectivity index (χ2n) is 13.7. The van der Waals surface area contributed by atoms with Gasteiger partial charge < -0.3 is 4.84 Å². The lowest BCUT2D eigenvalue weighted by Crippen LogP contribution is -2.66. The van der Waals surface area contributed by atoms with Gasteiger partial charge in [0.05, 0.1) is 11.3 Å². The highest BCUT2D eigenvalue weighted by Gasteiger charge is 2.53. The number of nitrogens with zero attached hydrogens (tertiary/aromatic N) is 2. The van der Waals surface area contributed by atoms with Crippen LogP contribution in [0.25, 0.3) is 0 Å². The fourth-order valence-corrected chi connectivity index (χ4v) is 6.58. The molecule has 2 rings (SSSR count). The molecule has 0 radical (unpaired) electrons. The molecule has 4 atom stereocenters. The molecule has 0 spiro atoms. The van der Waals surface area contributed by atoms with Crippen LogP contribution in [0.2, 0.25) is 0 Å². The number of unbranched alkanes of at least 4 members (excludes halogenated alkanes) is 14. The van der Waals surface area contributed by atoms with Gasteiger partial charge in [-0.25, -0.2) is 4.79 Å². The second kappa shape index (κ2) is 20.3. The fraction of sp³-hybridized carbons (Fsp3) is 0.789. The number of oxime groups is 1. The number of hydrogen-bond acceptors (Lipinski definition) is 5. The van der Waals surface area contributed by atoms with E-state index in [4.69, 9.17) is 9.68 Å². The predicted molar refractivity (Wildman–Crippen MR) is 182 cm³/mol. The van der Waals surface area contributed by atoms with Gasteiger partial charge in [-0.05, 0) is 45.6 Å². The molecule has 0 N–H and O–H groups in total. The van der Waals surface area contributed by atoms with E-state index in [0.717, 1.165) is 31.4 Å². The zero-order valence-electron chi connectivity index (χ0n) is 29.1. The van der Waals surface area contributed by atoms with E-state index in [9.17, 15) is 4.79 Å². The molecule has 1 aliphatic heterocycles. The first kappa shape index (κ1) is 37.5. The topological polar surface area (TPSA) is 51.1 Å². The molecule has 246 valence electrons. The monoisotopic (exact) mass is 599 g/mol. The summed E-state index contributed by atoms with van der Waals surface area (Å²) in [5, 5.41) is 6.74. The molecule has 4 unspecified atom stereocenters. The molecule has 1 aliphatic rings. The summed E-state index contributed by atoms with van der Waals surface area (Å²) in [6.07, 6.45) is 22.7. The molecule has 0 aliphatic carbocycles. The van der Waals surface area contributed by atoms with Crippen molar-refractivity contribution in [3.8, 4) is 0 Å². The van der Waals surface area contributed by atoms with Crippen LogP contribution in [0, 0.1) is 5.92 Å². The molecule has 5 heteroatoms. The predicted octanol–water partition coefficient (Wildman–Crippen LogP) is 11.5. The van der Waals surface area contributed by atoms with E-state index in [1.165, 1.54) is 89.0 Å². The number of hydrogen-bond donors (Lipinski definition) is 0. The van der Waals surface area contributed by atoms with Crippen LogP contribution in [0.5, 0.6) is 0 Å². The van der Waals surface area contributed by atoms with Gasteiger partial charge in [0, 0.05) is 24.3 Å². The van der Waals surface area contributed by atoms with Gasteiger partial charge >= 0.3 is 5.97 Å². The molecule has 0 amide bonds. The lowest BCUT2D eigenvalue weighted by atomic mass is 9.70. The molecular weight excluding hydrogens is 532 g/mol. The number of rotatable bonds is 22. The average Bonchev–Trinajstić information content (AvgIpc) is 3.02. The maximum Gasteiger partial charge on any atom is 0.335 e. The van der Waals surface area contributed by atoms with Gasteiger partial charge in [0.1, 0.15) is 6.10 Å². The third-order valence-corrected chi connectivity index (χ3v) is 10.2. The Hall–Kier alpha value is -1.72. The summed E-state index contributed by atoms with van der Waals surface area (Å²) in [7, 11) is 0. The number of hydroxylamine groups is 2. The lowest BCUT2D eigenvalue weighted by molar-refractivity contribution is -0.310. The van der Waals surface area contributed by atoms with E-state index in [-0.39, 0.29) is 29.1 Å². The third kappa shape index (κ3) is 12.3. The number of carbonyl (C=O) groups excluding carboxylic acids is 1. The molecular formula is C38H66N2O3. The first-order valence-electron chi connectivity index (χ1n) is 18.0.